The number of nitrogens with one attached hydrogen (secondary N) is 1. The van der Waals surface area contributed by atoms with Crippen LogP contribution in [0.4, 0.5) is 5.69 Å². The molecule has 2 heterocycles. The molecule has 0 radical (unpaired) electrons. The Morgan fingerprint density at radius 1 is 1.50 bits per heavy atom. The van der Waals surface area contributed by atoms with E-state index in [1.165, 1.54) is 0 Å². The third-order valence-corrected chi connectivity index (χ3v) is 1.78. The molecule has 3 nitrogen and oxygen atoms in total. The first-order valence-electron chi connectivity index (χ1n) is 4.07. The highest BCUT2D eigenvalue weighted by atomic mass is 15.0. The highest BCUT2D eigenvalue weighted by Crippen LogP contribution is 2.09. The Morgan fingerprint density at radius 3 is 3.25 bits per heavy atom. The summed E-state index contributed by atoms with van der Waals surface area (Å²) >= 11 is 0. The first-order chi connectivity index (χ1) is 5.90. The van der Waals surface area contributed by atoms with Gasteiger partial charge in [-0.3, -0.25) is 0 Å². The lowest BCUT2D eigenvalue weighted by molar-refractivity contribution is 1.16. The topological polar surface area (TPSA) is 29.3 Å². The number of hydrogen-bond acceptors (Lipinski definition) is 2. The Labute approximate surface area is 71.0 Å². The van der Waals surface area contributed by atoms with Crippen molar-refractivity contribution in [1.82, 2.24) is 9.38 Å². The summed E-state index contributed by atoms with van der Waals surface area (Å²) in [7, 11) is 0. The van der Waals surface area contributed by atoms with Crippen LogP contribution >= 0.6 is 0 Å². The standard InChI is InChI=1S/C9H11N3/c1-2-10-8-3-5-12-6-4-11-9(12)7-8/h3-7,10H,2H2,1H3. The van der Waals surface area contributed by atoms with Gasteiger partial charge in [0.15, 0.2) is 0 Å². The van der Waals surface area contributed by atoms with Gasteiger partial charge in [-0.1, -0.05) is 0 Å². The minimum Gasteiger partial charge on any atom is -0.385 e. The molecule has 62 valence electrons. The maximum absolute atomic E-state index is 4.18. The largest absolute Gasteiger partial charge is 0.385 e. The normalized spacial score (nSPS) is 10.4. The van der Waals surface area contributed by atoms with Gasteiger partial charge < -0.3 is 9.72 Å². The number of imidazole rings is 1. The minimum atomic E-state index is 0.941. The van der Waals surface area contributed by atoms with Crippen molar-refractivity contribution in [3.05, 3.63) is 30.7 Å². The van der Waals surface area contributed by atoms with Gasteiger partial charge in [-0.15, -0.1) is 0 Å². The summed E-state index contributed by atoms with van der Waals surface area (Å²) in [5.41, 5.74) is 2.10. The van der Waals surface area contributed by atoms with E-state index in [-0.39, 0.29) is 0 Å². The van der Waals surface area contributed by atoms with Crippen LogP contribution < -0.4 is 5.32 Å². The van der Waals surface area contributed by atoms with Gasteiger partial charge in [-0.25, -0.2) is 4.98 Å². The van der Waals surface area contributed by atoms with E-state index in [0.717, 1.165) is 17.9 Å². The van der Waals surface area contributed by atoms with Crippen molar-refractivity contribution in [3.8, 4) is 0 Å². The number of rotatable bonds is 2. The molecule has 0 fully saturated rings. The number of anilines is 1. The maximum atomic E-state index is 4.18. The van der Waals surface area contributed by atoms with Crippen LogP contribution in [0.5, 0.6) is 0 Å². The van der Waals surface area contributed by atoms with E-state index >= 15 is 0 Å². The van der Waals surface area contributed by atoms with Crippen LogP contribution in [0.3, 0.4) is 0 Å². The third kappa shape index (κ3) is 1.13. The van der Waals surface area contributed by atoms with Crippen molar-refractivity contribution in [2.45, 2.75) is 6.92 Å². The predicted octanol–water partition coefficient (Wildman–Crippen LogP) is 1.77. The SMILES string of the molecule is CCNc1ccn2ccnc2c1. The van der Waals surface area contributed by atoms with E-state index in [2.05, 4.69) is 17.2 Å². The quantitative estimate of drug-likeness (QED) is 0.727. The molecule has 0 unspecified atom stereocenters. The smallest absolute Gasteiger partial charge is 0.138 e. The van der Waals surface area contributed by atoms with E-state index in [1.807, 2.05) is 28.9 Å². The van der Waals surface area contributed by atoms with Crippen molar-refractivity contribution in [3.63, 3.8) is 0 Å². The molecule has 0 aromatic carbocycles. The average molecular weight is 161 g/mol. The maximum Gasteiger partial charge on any atom is 0.138 e. The molecule has 2 rings (SSSR count). The number of fused-ring (bicyclic) bond motifs is 1. The first-order valence-corrected chi connectivity index (χ1v) is 4.07. The average Bonchev–Trinajstić information content (AvgIpc) is 2.51. The van der Waals surface area contributed by atoms with Crippen molar-refractivity contribution < 1.29 is 0 Å². The number of hydrogen-bond donors (Lipinski definition) is 1. The van der Waals surface area contributed by atoms with Gasteiger partial charge in [0.2, 0.25) is 0 Å². The summed E-state index contributed by atoms with van der Waals surface area (Å²) in [5, 5.41) is 3.24. The van der Waals surface area contributed by atoms with E-state index in [4.69, 9.17) is 0 Å². The summed E-state index contributed by atoms with van der Waals surface area (Å²) in [6, 6.07) is 4.07. The van der Waals surface area contributed by atoms with Gasteiger partial charge >= 0.3 is 0 Å². The fourth-order valence-corrected chi connectivity index (χ4v) is 1.22. The lowest BCUT2D eigenvalue weighted by Gasteiger charge is -2.02. The monoisotopic (exact) mass is 161 g/mol. The van der Waals surface area contributed by atoms with Gasteiger partial charge in [0.25, 0.3) is 0 Å². The molecule has 12 heavy (non-hydrogen) atoms. The lowest BCUT2D eigenvalue weighted by atomic mass is 10.4. The molecule has 0 saturated carbocycles. The highest BCUT2D eigenvalue weighted by Gasteiger charge is 1.93. The Morgan fingerprint density at radius 2 is 2.42 bits per heavy atom. The molecule has 3 heteroatoms. The Hall–Kier alpha value is -1.51. The van der Waals surface area contributed by atoms with Crippen molar-refractivity contribution in [1.29, 1.82) is 0 Å². The number of aromatic nitrogens is 2. The van der Waals surface area contributed by atoms with Crippen LogP contribution in [0.2, 0.25) is 0 Å². The van der Waals surface area contributed by atoms with E-state index in [0.29, 0.717) is 0 Å². The number of pyridine rings is 1. The van der Waals surface area contributed by atoms with Gasteiger partial charge in [0.05, 0.1) is 0 Å². The number of nitrogens with zero attached hydrogens (tertiary/aromatic N) is 2. The second-order valence-electron chi connectivity index (χ2n) is 2.64. The van der Waals surface area contributed by atoms with Crippen LogP contribution in [0, 0.1) is 0 Å². The lowest BCUT2D eigenvalue weighted by Crippen LogP contribution is -1.96. The van der Waals surface area contributed by atoms with Gasteiger partial charge in [0, 0.05) is 36.9 Å². The zero-order valence-electron chi connectivity index (χ0n) is 6.99. The Bertz CT molecular complexity index is 378. The summed E-state index contributed by atoms with van der Waals surface area (Å²) in [6.07, 6.45) is 5.73. The molecule has 0 aliphatic rings. The summed E-state index contributed by atoms with van der Waals surface area (Å²) in [5.74, 6) is 0. The highest BCUT2D eigenvalue weighted by molar-refractivity contribution is 5.54. The van der Waals surface area contributed by atoms with Gasteiger partial charge in [-0.05, 0) is 13.0 Å². The molecular formula is C9H11N3. The summed E-state index contributed by atoms with van der Waals surface area (Å²) in [6.45, 7) is 3.02. The Balaban J connectivity index is 2.46. The van der Waals surface area contributed by atoms with Crippen LogP contribution in [0.1, 0.15) is 6.92 Å². The molecule has 1 N–H and O–H groups in total. The van der Waals surface area contributed by atoms with E-state index in [1.54, 1.807) is 6.20 Å². The zero-order valence-corrected chi connectivity index (χ0v) is 6.99. The molecule has 0 aliphatic heterocycles. The molecule has 2 aromatic heterocycles. The molecule has 0 aliphatic carbocycles. The summed E-state index contributed by atoms with van der Waals surface area (Å²) in [4.78, 5) is 4.18. The predicted molar refractivity (Wildman–Crippen MR) is 49.4 cm³/mol. The van der Waals surface area contributed by atoms with Crippen LogP contribution in [-0.4, -0.2) is 15.9 Å². The van der Waals surface area contributed by atoms with Crippen LogP contribution in [0.15, 0.2) is 30.7 Å². The fourth-order valence-electron chi connectivity index (χ4n) is 1.22. The molecule has 0 bridgehead atoms. The van der Waals surface area contributed by atoms with Gasteiger partial charge in [-0.2, -0.15) is 0 Å². The van der Waals surface area contributed by atoms with Crippen molar-refractivity contribution >= 4 is 11.3 Å². The molecule has 2 aromatic rings. The van der Waals surface area contributed by atoms with Crippen LogP contribution in [-0.2, 0) is 0 Å². The summed E-state index contributed by atoms with van der Waals surface area (Å²) < 4.78 is 1.99. The third-order valence-electron chi connectivity index (χ3n) is 1.78. The Kier molecular flexibility index (Phi) is 1.70. The van der Waals surface area contributed by atoms with E-state index < -0.39 is 0 Å². The minimum absolute atomic E-state index is 0.941. The van der Waals surface area contributed by atoms with Crippen LogP contribution in [0.25, 0.3) is 5.65 Å². The second-order valence-corrected chi connectivity index (χ2v) is 2.64. The molecule has 0 atom stereocenters. The van der Waals surface area contributed by atoms with Gasteiger partial charge in [0.1, 0.15) is 5.65 Å². The second kappa shape index (κ2) is 2.85. The van der Waals surface area contributed by atoms with E-state index in [9.17, 15) is 0 Å². The molecule has 0 spiro atoms. The van der Waals surface area contributed by atoms with Crippen molar-refractivity contribution in [2.24, 2.45) is 0 Å². The molecule has 0 saturated heterocycles. The zero-order chi connectivity index (χ0) is 8.39. The molecule has 0 amide bonds. The fraction of sp³-hybridized carbons (Fsp3) is 0.222. The molecular weight excluding hydrogens is 150 g/mol. The van der Waals surface area contributed by atoms with Crippen molar-refractivity contribution in [2.75, 3.05) is 11.9 Å². The first kappa shape index (κ1) is 7.16.